The Bertz CT molecular complexity index is 234. The van der Waals surface area contributed by atoms with Crippen LogP contribution in [0.3, 0.4) is 0 Å². The van der Waals surface area contributed by atoms with E-state index in [2.05, 4.69) is 10.6 Å². The van der Waals surface area contributed by atoms with E-state index in [9.17, 15) is 4.79 Å². The van der Waals surface area contributed by atoms with Gasteiger partial charge in [-0.3, -0.25) is 4.79 Å². The van der Waals surface area contributed by atoms with Crippen LogP contribution in [-0.4, -0.2) is 38.3 Å². The number of methoxy groups -OCH3 is 1. The molecule has 0 aromatic heterocycles. The number of carbonyl (C=O) groups excluding carboxylic acids is 1. The van der Waals surface area contributed by atoms with Crippen molar-refractivity contribution >= 4 is 5.91 Å². The van der Waals surface area contributed by atoms with Crippen molar-refractivity contribution in [1.82, 2.24) is 10.6 Å². The van der Waals surface area contributed by atoms with Crippen molar-refractivity contribution in [2.75, 3.05) is 20.2 Å². The van der Waals surface area contributed by atoms with Crippen molar-refractivity contribution < 1.29 is 9.53 Å². The molecule has 1 unspecified atom stereocenters. The fourth-order valence-corrected chi connectivity index (χ4v) is 1.53. The molecule has 2 atom stereocenters. The zero-order valence-corrected chi connectivity index (χ0v) is 8.96. The first-order valence-corrected chi connectivity index (χ1v) is 4.82. The van der Waals surface area contributed by atoms with Gasteiger partial charge in [0, 0.05) is 26.3 Å². The Kier molecular flexibility index (Phi) is 4.10. The van der Waals surface area contributed by atoms with Crippen molar-refractivity contribution in [3.8, 4) is 0 Å². The Morgan fingerprint density at radius 2 is 2.21 bits per heavy atom. The molecule has 4 heteroatoms. The average molecular weight is 198 g/mol. The molecule has 1 aliphatic rings. The minimum atomic E-state index is -0.0410. The molecular weight excluding hydrogens is 180 g/mol. The molecule has 0 bridgehead atoms. The van der Waals surface area contributed by atoms with Crippen LogP contribution in [-0.2, 0) is 9.53 Å². The van der Waals surface area contributed by atoms with E-state index < -0.39 is 0 Å². The van der Waals surface area contributed by atoms with Gasteiger partial charge in [0.1, 0.15) is 0 Å². The summed E-state index contributed by atoms with van der Waals surface area (Å²) in [5.74, 6) is -0.0410. The highest BCUT2D eigenvalue weighted by molar-refractivity contribution is 5.88. The van der Waals surface area contributed by atoms with E-state index in [1.54, 1.807) is 13.2 Å². The Hall–Kier alpha value is -0.870. The van der Waals surface area contributed by atoms with Crippen LogP contribution in [0.5, 0.6) is 0 Å². The molecule has 0 aliphatic carbocycles. The number of allylic oxidation sites excluding steroid dienone is 1. The third-order valence-electron chi connectivity index (χ3n) is 2.21. The topological polar surface area (TPSA) is 50.4 Å². The minimum Gasteiger partial charge on any atom is -0.378 e. The molecule has 0 aromatic rings. The molecular formula is C10H18N2O2. The van der Waals surface area contributed by atoms with Gasteiger partial charge in [-0.1, -0.05) is 5.57 Å². The van der Waals surface area contributed by atoms with Gasteiger partial charge in [0.2, 0.25) is 5.91 Å². The van der Waals surface area contributed by atoms with Crippen LogP contribution in [0, 0.1) is 0 Å². The lowest BCUT2D eigenvalue weighted by Crippen LogP contribution is -2.42. The van der Waals surface area contributed by atoms with Gasteiger partial charge in [-0.15, -0.1) is 0 Å². The first-order chi connectivity index (χ1) is 6.63. The van der Waals surface area contributed by atoms with Crippen molar-refractivity contribution in [3.63, 3.8) is 0 Å². The molecule has 4 nitrogen and oxygen atoms in total. The monoisotopic (exact) mass is 198 g/mol. The van der Waals surface area contributed by atoms with E-state index in [1.165, 1.54) is 0 Å². The molecule has 1 saturated heterocycles. The summed E-state index contributed by atoms with van der Waals surface area (Å²) in [4.78, 5) is 11.4. The van der Waals surface area contributed by atoms with Crippen LogP contribution >= 0.6 is 0 Å². The maximum Gasteiger partial charge on any atom is 0.244 e. The quantitative estimate of drug-likeness (QED) is 0.630. The Balaban J connectivity index is 2.43. The predicted octanol–water partition coefficient (Wildman–Crippen LogP) is 0.0556. The van der Waals surface area contributed by atoms with Gasteiger partial charge in [0.25, 0.3) is 0 Å². The molecule has 0 aromatic carbocycles. The van der Waals surface area contributed by atoms with Crippen LogP contribution < -0.4 is 10.6 Å². The third-order valence-corrected chi connectivity index (χ3v) is 2.21. The zero-order valence-electron chi connectivity index (χ0n) is 8.96. The maximum absolute atomic E-state index is 11.4. The highest BCUT2D eigenvalue weighted by atomic mass is 16.5. The van der Waals surface area contributed by atoms with E-state index in [0.29, 0.717) is 0 Å². The molecule has 80 valence electrons. The largest absolute Gasteiger partial charge is 0.378 e. The number of carbonyl (C=O) groups is 1. The van der Waals surface area contributed by atoms with E-state index in [1.807, 2.05) is 13.8 Å². The lowest BCUT2D eigenvalue weighted by atomic mass is 10.2. The smallest absolute Gasteiger partial charge is 0.244 e. The highest BCUT2D eigenvalue weighted by Gasteiger charge is 2.27. The second-order valence-corrected chi connectivity index (χ2v) is 3.77. The van der Waals surface area contributed by atoms with Gasteiger partial charge in [0.15, 0.2) is 0 Å². The minimum absolute atomic E-state index is 0.0410. The summed E-state index contributed by atoms with van der Waals surface area (Å²) < 4.78 is 5.23. The van der Waals surface area contributed by atoms with E-state index >= 15 is 0 Å². The van der Waals surface area contributed by atoms with Gasteiger partial charge in [-0.05, 0) is 13.8 Å². The van der Waals surface area contributed by atoms with Gasteiger partial charge in [-0.2, -0.15) is 0 Å². The number of ether oxygens (including phenoxy) is 1. The van der Waals surface area contributed by atoms with Crippen LogP contribution in [0.25, 0.3) is 0 Å². The molecule has 1 fully saturated rings. The average Bonchev–Trinajstić information content (AvgIpc) is 2.50. The summed E-state index contributed by atoms with van der Waals surface area (Å²) in [6.45, 7) is 5.39. The number of nitrogens with one attached hydrogen (secondary N) is 2. The fraction of sp³-hybridized carbons (Fsp3) is 0.700. The summed E-state index contributed by atoms with van der Waals surface area (Å²) in [5.41, 5.74) is 1.00. The Morgan fingerprint density at radius 1 is 1.50 bits per heavy atom. The first-order valence-electron chi connectivity index (χ1n) is 4.82. The summed E-state index contributed by atoms with van der Waals surface area (Å²) in [7, 11) is 1.66. The zero-order chi connectivity index (χ0) is 10.6. The van der Waals surface area contributed by atoms with Crippen LogP contribution in [0.15, 0.2) is 11.6 Å². The second kappa shape index (κ2) is 5.12. The van der Waals surface area contributed by atoms with Crippen LogP contribution in [0.1, 0.15) is 13.8 Å². The van der Waals surface area contributed by atoms with Crippen molar-refractivity contribution in [1.29, 1.82) is 0 Å². The van der Waals surface area contributed by atoms with Crippen molar-refractivity contribution in [2.24, 2.45) is 0 Å². The summed E-state index contributed by atoms with van der Waals surface area (Å²) in [6.07, 6.45) is 1.69. The van der Waals surface area contributed by atoms with E-state index in [0.717, 1.165) is 18.7 Å². The number of hydrogen-bond donors (Lipinski definition) is 2. The van der Waals surface area contributed by atoms with Gasteiger partial charge in [-0.25, -0.2) is 0 Å². The van der Waals surface area contributed by atoms with E-state index in [4.69, 9.17) is 4.74 Å². The number of amides is 1. The number of rotatable bonds is 3. The molecule has 1 amide bonds. The molecule has 14 heavy (non-hydrogen) atoms. The summed E-state index contributed by atoms with van der Waals surface area (Å²) >= 11 is 0. The van der Waals surface area contributed by atoms with Crippen molar-refractivity contribution in [3.05, 3.63) is 11.6 Å². The molecule has 0 spiro atoms. The SMILES string of the molecule is CO[C@H]1CNCC1NC(=O)C=C(C)C. The van der Waals surface area contributed by atoms with Crippen LogP contribution in [0.2, 0.25) is 0 Å². The first kappa shape index (κ1) is 11.2. The van der Waals surface area contributed by atoms with Gasteiger partial charge >= 0.3 is 0 Å². The Morgan fingerprint density at radius 3 is 2.79 bits per heavy atom. The molecule has 1 rings (SSSR count). The van der Waals surface area contributed by atoms with Crippen molar-refractivity contribution in [2.45, 2.75) is 26.0 Å². The second-order valence-electron chi connectivity index (χ2n) is 3.77. The van der Waals surface area contributed by atoms with Gasteiger partial charge in [0.05, 0.1) is 12.1 Å². The predicted molar refractivity (Wildman–Crippen MR) is 55.0 cm³/mol. The van der Waals surface area contributed by atoms with Crippen LogP contribution in [0.4, 0.5) is 0 Å². The van der Waals surface area contributed by atoms with Gasteiger partial charge < -0.3 is 15.4 Å². The third kappa shape index (κ3) is 3.12. The molecule has 0 saturated carbocycles. The summed E-state index contributed by atoms with van der Waals surface area (Å²) in [5, 5.41) is 6.08. The molecule has 2 N–H and O–H groups in total. The highest BCUT2D eigenvalue weighted by Crippen LogP contribution is 2.03. The lowest BCUT2D eigenvalue weighted by Gasteiger charge is -2.17. The molecule has 0 radical (unpaired) electrons. The summed E-state index contributed by atoms with van der Waals surface area (Å²) in [6, 6.07) is 0.0862. The molecule has 1 aliphatic heterocycles. The Labute approximate surface area is 84.7 Å². The normalized spacial score (nSPS) is 25.9. The van der Waals surface area contributed by atoms with E-state index in [-0.39, 0.29) is 18.1 Å². The fourth-order valence-electron chi connectivity index (χ4n) is 1.53. The maximum atomic E-state index is 11.4. The molecule has 1 heterocycles. The number of hydrogen-bond acceptors (Lipinski definition) is 3. The lowest BCUT2D eigenvalue weighted by molar-refractivity contribution is -0.117. The standard InChI is InChI=1S/C10H18N2O2/c1-7(2)4-10(13)12-8-5-11-6-9(8)14-3/h4,8-9,11H,5-6H2,1-3H3,(H,12,13)/t8?,9-/m0/s1.